The summed E-state index contributed by atoms with van der Waals surface area (Å²) in [6.07, 6.45) is 0.843. The Balaban J connectivity index is 1.77. The Morgan fingerprint density at radius 1 is 1.50 bits per heavy atom. The van der Waals surface area contributed by atoms with Crippen LogP contribution in [0.4, 0.5) is 0 Å². The molecule has 98 valence electrons. The molecule has 4 nitrogen and oxygen atoms in total. The van der Waals surface area contributed by atoms with Crippen molar-refractivity contribution < 1.29 is 9.53 Å². The van der Waals surface area contributed by atoms with Crippen molar-refractivity contribution in [1.29, 1.82) is 0 Å². The van der Waals surface area contributed by atoms with Gasteiger partial charge in [0.25, 0.3) is 0 Å². The second-order valence-corrected chi connectivity index (χ2v) is 4.84. The van der Waals surface area contributed by atoms with Gasteiger partial charge >= 0.3 is 0 Å². The summed E-state index contributed by atoms with van der Waals surface area (Å²) in [4.78, 5) is 11.8. The molecule has 0 radical (unpaired) electrons. The summed E-state index contributed by atoms with van der Waals surface area (Å²) in [6, 6.07) is 8.15. The first kappa shape index (κ1) is 13.1. The molecule has 18 heavy (non-hydrogen) atoms. The van der Waals surface area contributed by atoms with E-state index in [-0.39, 0.29) is 17.9 Å². The molecule has 1 aliphatic heterocycles. The summed E-state index contributed by atoms with van der Waals surface area (Å²) in [5, 5.41) is 2.92. The van der Waals surface area contributed by atoms with Gasteiger partial charge in [0.1, 0.15) is 0 Å². The molecule has 0 spiro atoms. The van der Waals surface area contributed by atoms with Crippen LogP contribution in [0.25, 0.3) is 0 Å². The van der Waals surface area contributed by atoms with Crippen LogP contribution in [0.1, 0.15) is 11.1 Å². The van der Waals surface area contributed by atoms with Gasteiger partial charge in [-0.05, 0) is 18.9 Å². The van der Waals surface area contributed by atoms with E-state index in [0.29, 0.717) is 19.8 Å². The zero-order valence-electron chi connectivity index (χ0n) is 10.7. The van der Waals surface area contributed by atoms with Crippen molar-refractivity contribution in [2.24, 2.45) is 11.7 Å². The van der Waals surface area contributed by atoms with E-state index in [1.807, 2.05) is 6.07 Å². The topological polar surface area (TPSA) is 64.3 Å². The molecule has 2 atom stereocenters. The Labute approximate surface area is 108 Å². The Hall–Kier alpha value is -1.39. The van der Waals surface area contributed by atoms with Gasteiger partial charge in [-0.25, -0.2) is 0 Å². The number of carbonyl (C=O) groups is 1. The molecular weight excluding hydrogens is 228 g/mol. The highest BCUT2D eigenvalue weighted by atomic mass is 16.5. The summed E-state index contributed by atoms with van der Waals surface area (Å²) in [5.41, 5.74) is 8.28. The lowest BCUT2D eigenvalue weighted by Crippen LogP contribution is -2.41. The molecule has 1 amide bonds. The first-order valence-corrected chi connectivity index (χ1v) is 6.33. The Morgan fingerprint density at radius 3 is 3.00 bits per heavy atom. The Kier molecular flexibility index (Phi) is 4.33. The maximum Gasteiger partial charge on any atom is 0.227 e. The van der Waals surface area contributed by atoms with Crippen molar-refractivity contribution in [3.05, 3.63) is 35.4 Å². The molecule has 1 aliphatic rings. The minimum absolute atomic E-state index is 0.00709. The minimum atomic E-state index is -0.192. The van der Waals surface area contributed by atoms with Gasteiger partial charge < -0.3 is 15.8 Å². The quantitative estimate of drug-likeness (QED) is 0.821. The monoisotopic (exact) mass is 248 g/mol. The van der Waals surface area contributed by atoms with E-state index in [0.717, 1.165) is 6.42 Å². The molecule has 1 heterocycles. The van der Waals surface area contributed by atoms with Crippen molar-refractivity contribution in [3.63, 3.8) is 0 Å². The fourth-order valence-electron chi connectivity index (χ4n) is 2.17. The average Bonchev–Trinajstić information content (AvgIpc) is 2.75. The van der Waals surface area contributed by atoms with Crippen LogP contribution in [0.3, 0.4) is 0 Å². The van der Waals surface area contributed by atoms with E-state index in [9.17, 15) is 4.79 Å². The van der Waals surface area contributed by atoms with E-state index in [1.165, 1.54) is 11.1 Å². The van der Waals surface area contributed by atoms with Gasteiger partial charge in [-0.15, -0.1) is 0 Å². The van der Waals surface area contributed by atoms with Crippen LogP contribution < -0.4 is 11.1 Å². The predicted octanol–water partition coefficient (Wildman–Crippen LogP) is 0.627. The molecule has 1 aromatic carbocycles. The molecule has 0 saturated carbocycles. The summed E-state index contributed by atoms with van der Waals surface area (Å²) >= 11 is 0. The first-order chi connectivity index (χ1) is 8.66. The number of amides is 1. The van der Waals surface area contributed by atoms with Gasteiger partial charge in [0.15, 0.2) is 0 Å². The van der Waals surface area contributed by atoms with Crippen molar-refractivity contribution in [1.82, 2.24) is 5.32 Å². The molecule has 3 N–H and O–H groups in total. The lowest BCUT2D eigenvalue weighted by atomic mass is 10.0. The van der Waals surface area contributed by atoms with Gasteiger partial charge in [0.2, 0.25) is 5.91 Å². The van der Waals surface area contributed by atoms with Crippen LogP contribution >= 0.6 is 0 Å². The Morgan fingerprint density at radius 2 is 2.33 bits per heavy atom. The fraction of sp³-hybridized carbons (Fsp3) is 0.500. The number of nitrogens with one attached hydrogen (secondary N) is 1. The summed E-state index contributed by atoms with van der Waals surface area (Å²) in [7, 11) is 0. The molecule has 4 heteroatoms. The molecule has 0 aliphatic carbocycles. The third kappa shape index (κ3) is 3.31. The Bertz CT molecular complexity index is 420. The molecule has 1 aromatic rings. The number of rotatable bonds is 4. The van der Waals surface area contributed by atoms with Gasteiger partial charge in [-0.3, -0.25) is 4.79 Å². The third-order valence-corrected chi connectivity index (χ3v) is 3.26. The standard InChI is InChI=1S/C14H20N2O2/c1-10-3-2-4-11(7-10)5-6-16-14(17)12-8-18-9-13(12)15/h2-4,7,12-13H,5-6,8-9,15H2,1H3,(H,16,17). The summed E-state index contributed by atoms with van der Waals surface area (Å²) < 4.78 is 5.18. The van der Waals surface area contributed by atoms with Crippen molar-refractivity contribution in [2.45, 2.75) is 19.4 Å². The van der Waals surface area contributed by atoms with Crippen LogP contribution in [0.2, 0.25) is 0 Å². The zero-order valence-corrected chi connectivity index (χ0v) is 10.7. The maximum absolute atomic E-state index is 11.8. The lowest BCUT2D eigenvalue weighted by Gasteiger charge is -2.13. The number of aryl methyl sites for hydroxylation is 1. The van der Waals surface area contributed by atoms with Crippen LogP contribution in [-0.4, -0.2) is 31.7 Å². The summed E-state index contributed by atoms with van der Waals surface area (Å²) in [5.74, 6) is -0.185. The smallest absolute Gasteiger partial charge is 0.227 e. The molecule has 2 unspecified atom stereocenters. The second kappa shape index (κ2) is 5.98. The van der Waals surface area contributed by atoms with E-state index in [1.54, 1.807) is 0 Å². The van der Waals surface area contributed by atoms with Crippen LogP contribution in [0, 0.1) is 12.8 Å². The zero-order chi connectivity index (χ0) is 13.0. The SMILES string of the molecule is Cc1cccc(CCNC(=O)C2COCC2N)c1. The number of nitrogens with two attached hydrogens (primary N) is 1. The highest BCUT2D eigenvalue weighted by molar-refractivity contribution is 5.79. The fourth-order valence-corrected chi connectivity index (χ4v) is 2.17. The van der Waals surface area contributed by atoms with E-state index in [4.69, 9.17) is 10.5 Å². The largest absolute Gasteiger partial charge is 0.379 e. The highest BCUT2D eigenvalue weighted by Gasteiger charge is 2.30. The van der Waals surface area contributed by atoms with Gasteiger partial charge in [0, 0.05) is 12.6 Å². The first-order valence-electron chi connectivity index (χ1n) is 6.33. The number of hydrogen-bond donors (Lipinski definition) is 2. The number of ether oxygens (including phenoxy) is 1. The van der Waals surface area contributed by atoms with E-state index in [2.05, 4.69) is 30.4 Å². The third-order valence-electron chi connectivity index (χ3n) is 3.26. The average molecular weight is 248 g/mol. The van der Waals surface area contributed by atoms with Crippen LogP contribution in [0.5, 0.6) is 0 Å². The normalized spacial score (nSPS) is 23.0. The number of carbonyl (C=O) groups excluding carboxylic acids is 1. The van der Waals surface area contributed by atoms with Crippen molar-refractivity contribution in [3.8, 4) is 0 Å². The molecule has 0 aromatic heterocycles. The summed E-state index contributed by atoms with van der Waals surface area (Å²) in [6.45, 7) is 3.63. The van der Waals surface area contributed by atoms with E-state index < -0.39 is 0 Å². The lowest BCUT2D eigenvalue weighted by molar-refractivity contribution is -0.125. The minimum Gasteiger partial charge on any atom is -0.379 e. The van der Waals surface area contributed by atoms with Crippen molar-refractivity contribution >= 4 is 5.91 Å². The molecular formula is C14H20N2O2. The molecule has 0 bridgehead atoms. The number of benzene rings is 1. The van der Waals surface area contributed by atoms with Gasteiger partial charge in [0.05, 0.1) is 19.1 Å². The highest BCUT2D eigenvalue weighted by Crippen LogP contribution is 2.11. The van der Waals surface area contributed by atoms with Gasteiger partial charge in [-0.2, -0.15) is 0 Å². The molecule has 1 fully saturated rings. The molecule has 2 rings (SSSR count). The van der Waals surface area contributed by atoms with Crippen LogP contribution in [0.15, 0.2) is 24.3 Å². The van der Waals surface area contributed by atoms with Crippen molar-refractivity contribution in [2.75, 3.05) is 19.8 Å². The van der Waals surface area contributed by atoms with E-state index >= 15 is 0 Å². The van der Waals surface area contributed by atoms with Crippen LogP contribution in [-0.2, 0) is 16.0 Å². The second-order valence-electron chi connectivity index (χ2n) is 4.84. The van der Waals surface area contributed by atoms with Gasteiger partial charge in [-0.1, -0.05) is 29.8 Å². The molecule has 1 saturated heterocycles. The maximum atomic E-state index is 11.8. The predicted molar refractivity (Wildman–Crippen MR) is 70.2 cm³/mol. The number of hydrogen-bond acceptors (Lipinski definition) is 3.